The van der Waals surface area contributed by atoms with Gasteiger partial charge in [-0.15, -0.1) is 10.2 Å². The summed E-state index contributed by atoms with van der Waals surface area (Å²) >= 11 is 7.48. The summed E-state index contributed by atoms with van der Waals surface area (Å²) in [5, 5.41) is 14.5. The van der Waals surface area contributed by atoms with Gasteiger partial charge in [0.25, 0.3) is 10.0 Å². The molecular formula is C24H20ClN5O2S2. The van der Waals surface area contributed by atoms with Gasteiger partial charge in [-0.05, 0) is 43.3 Å². The van der Waals surface area contributed by atoms with Gasteiger partial charge in [0.15, 0.2) is 5.82 Å². The number of fused-ring (bicyclic) bond motifs is 1. The Kier molecular flexibility index (Phi) is 6.07. The van der Waals surface area contributed by atoms with Gasteiger partial charge >= 0.3 is 0 Å². The van der Waals surface area contributed by atoms with Gasteiger partial charge in [-0.1, -0.05) is 71.0 Å². The topological polar surface area (TPSA) is 80.5 Å². The maximum atomic E-state index is 13.6. The van der Waals surface area contributed by atoms with Gasteiger partial charge in [-0.2, -0.15) is 9.61 Å². The average molecular weight is 510 g/mol. The fourth-order valence-corrected chi connectivity index (χ4v) is 6.00. The third kappa shape index (κ3) is 4.42. The second kappa shape index (κ2) is 9.17. The van der Waals surface area contributed by atoms with Gasteiger partial charge in [-0.25, -0.2) is 8.42 Å². The minimum atomic E-state index is -3.81. The van der Waals surface area contributed by atoms with E-state index in [1.165, 1.54) is 15.6 Å². The second-order valence-electron chi connectivity index (χ2n) is 7.70. The van der Waals surface area contributed by atoms with E-state index < -0.39 is 10.0 Å². The standard InChI is InChI=1S/C24H20ClN5O2S2/c1-17-7-13-21(14-8-17)34(31,32)29(20-11-9-19(25)10-12-20)16-15-22-26-27-24-30(22)28-23(33-24)18-5-3-2-4-6-18/h2-14H,15-16H2,1H3. The Balaban J connectivity index is 1.47. The number of halogens is 1. The van der Waals surface area contributed by atoms with Crippen molar-refractivity contribution in [3.63, 3.8) is 0 Å². The number of aromatic nitrogens is 4. The Morgan fingerprint density at radius 3 is 2.35 bits per heavy atom. The second-order valence-corrected chi connectivity index (χ2v) is 11.0. The van der Waals surface area contributed by atoms with Crippen LogP contribution in [-0.4, -0.2) is 34.8 Å². The van der Waals surface area contributed by atoms with Crippen LogP contribution in [0, 0.1) is 6.92 Å². The normalized spacial score (nSPS) is 11.7. The molecule has 0 saturated heterocycles. The summed E-state index contributed by atoms with van der Waals surface area (Å²) in [6.07, 6.45) is 0.326. The number of hydrogen-bond acceptors (Lipinski definition) is 6. The van der Waals surface area contributed by atoms with E-state index in [2.05, 4.69) is 15.3 Å². The zero-order chi connectivity index (χ0) is 23.7. The molecule has 0 aliphatic rings. The lowest BCUT2D eigenvalue weighted by molar-refractivity contribution is 0.589. The van der Waals surface area contributed by atoms with Crippen molar-refractivity contribution in [2.45, 2.75) is 18.2 Å². The molecule has 0 fully saturated rings. The first kappa shape index (κ1) is 22.5. The molecule has 0 unspecified atom stereocenters. The van der Waals surface area contributed by atoms with Gasteiger partial charge < -0.3 is 0 Å². The SMILES string of the molecule is Cc1ccc(S(=O)(=O)N(CCc2nnc3sc(-c4ccccc4)nn23)c2ccc(Cl)cc2)cc1. The highest BCUT2D eigenvalue weighted by Gasteiger charge is 2.26. The highest BCUT2D eigenvalue weighted by Crippen LogP contribution is 2.27. The molecule has 0 saturated carbocycles. The minimum Gasteiger partial charge on any atom is -0.266 e. The predicted octanol–water partition coefficient (Wildman–Crippen LogP) is 5.25. The average Bonchev–Trinajstić information content (AvgIpc) is 3.43. The van der Waals surface area contributed by atoms with E-state index in [9.17, 15) is 8.42 Å². The highest BCUT2D eigenvalue weighted by atomic mass is 35.5. The van der Waals surface area contributed by atoms with Gasteiger partial charge in [-0.3, -0.25) is 4.31 Å². The van der Waals surface area contributed by atoms with E-state index in [4.69, 9.17) is 11.6 Å². The summed E-state index contributed by atoms with van der Waals surface area (Å²) in [6.45, 7) is 2.08. The molecule has 2 aromatic heterocycles. The lowest BCUT2D eigenvalue weighted by atomic mass is 10.2. The number of anilines is 1. The van der Waals surface area contributed by atoms with E-state index in [0.717, 1.165) is 16.1 Å². The number of benzene rings is 3. The Bertz CT molecular complexity index is 1530. The largest absolute Gasteiger partial charge is 0.266 e. The van der Waals surface area contributed by atoms with Crippen LogP contribution in [-0.2, 0) is 16.4 Å². The molecule has 5 aromatic rings. The number of rotatable bonds is 7. The zero-order valence-electron chi connectivity index (χ0n) is 18.2. The third-order valence-corrected chi connectivity index (χ3v) is 8.38. The molecule has 34 heavy (non-hydrogen) atoms. The summed E-state index contributed by atoms with van der Waals surface area (Å²) < 4.78 is 30.2. The number of aryl methyl sites for hydroxylation is 1. The van der Waals surface area contributed by atoms with Crippen molar-refractivity contribution in [1.29, 1.82) is 0 Å². The monoisotopic (exact) mass is 509 g/mol. The Morgan fingerprint density at radius 2 is 1.65 bits per heavy atom. The van der Waals surface area contributed by atoms with Crippen molar-refractivity contribution in [3.8, 4) is 10.6 Å². The molecule has 0 atom stereocenters. The van der Waals surface area contributed by atoms with Gasteiger partial charge in [0.05, 0.1) is 10.6 Å². The fraction of sp³-hybridized carbons (Fsp3) is 0.125. The van der Waals surface area contributed by atoms with Crippen LogP contribution in [0.3, 0.4) is 0 Å². The van der Waals surface area contributed by atoms with E-state index in [1.807, 2.05) is 37.3 Å². The van der Waals surface area contributed by atoms with E-state index in [0.29, 0.717) is 27.9 Å². The van der Waals surface area contributed by atoms with Crippen LogP contribution in [0.5, 0.6) is 0 Å². The molecule has 7 nitrogen and oxygen atoms in total. The number of nitrogens with zero attached hydrogens (tertiary/aromatic N) is 5. The van der Waals surface area contributed by atoms with Crippen LogP contribution >= 0.6 is 22.9 Å². The van der Waals surface area contributed by atoms with E-state index >= 15 is 0 Å². The first-order valence-electron chi connectivity index (χ1n) is 10.5. The van der Waals surface area contributed by atoms with E-state index in [1.54, 1.807) is 53.0 Å². The molecule has 0 aliphatic heterocycles. The Labute approximate surface area is 206 Å². The van der Waals surface area contributed by atoms with Crippen molar-refractivity contribution >= 4 is 43.6 Å². The number of sulfonamides is 1. The minimum absolute atomic E-state index is 0.164. The predicted molar refractivity (Wildman–Crippen MR) is 135 cm³/mol. The van der Waals surface area contributed by atoms with Crippen LogP contribution in [0.4, 0.5) is 5.69 Å². The van der Waals surface area contributed by atoms with Crippen LogP contribution < -0.4 is 4.31 Å². The third-order valence-electron chi connectivity index (χ3n) is 5.34. The van der Waals surface area contributed by atoms with Crippen molar-refractivity contribution in [2.75, 3.05) is 10.8 Å². The first-order valence-corrected chi connectivity index (χ1v) is 13.2. The summed E-state index contributed by atoms with van der Waals surface area (Å²) in [4.78, 5) is 0.882. The molecule has 5 rings (SSSR count). The lowest BCUT2D eigenvalue weighted by Crippen LogP contribution is -2.33. The zero-order valence-corrected chi connectivity index (χ0v) is 20.6. The van der Waals surface area contributed by atoms with Crippen molar-refractivity contribution in [1.82, 2.24) is 19.8 Å². The molecule has 0 aliphatic carbocycles. The van der Waals surface area contributed by atoms with Crippen LogP contribution in [0.15, 0.2) is 83.8 Å². The van der Waals surface area contributed by atoms with Crippen LogP contribution in [0.2, 0.25) is 5.02 Å². The van der Waals surface area contributed by atoms with Crippen LogP contribution in [0.1, 0.15) is 11.4 Å². The smallest absolute Gasteiger partial charge is 0.264 e. The summed E-state index contributed by atoms with van der Waals surface area (Å²) in [7, 11) is -3.81. The molecule has 10 heteroatoms. The Morgan fingerprint density at radius 1 is 0.941 bits per heavy atom. The summed E-state index contributed by atoms with van der Waals surface area (Å²) in [6, 6.07) is 23.4. The molecule has 3 aromatic carbocycles. The molecule has 2 heterocycles. The first-order chi connectivity index (χ1) is 16.4. The van der Waals surface area contributed by atoms with Crippen molar-refractivity contribution in [2.24, 2.45) is 0 Å². The molecular weight excluding hydrogens is 490 g/mol. The highest BCUT2D eigenvalue weighted by molar-refractivity contribution is 7.92. The Hall–Kier alpha value is -3.27. The summed E-state index contributed by atoms with van der Waals surface area (Å²) in [5.41, 5.74) is 2.50. The van der Waals surface area contributed by atoms with E-state index in [-0.39, 0.29) is 11.4 Å². The molecule has 0 spiro atoms. The molecule has 0 N–H and O–H groups in total. The van der Waals surface area contributed by atoms with Gasteiger partial charge in [0.2, 0.25) is 4.96 Å². The van der Waals surface area contributed by atoms with Gasteiger partial charge in [0, 0.05) is 23.6 Å². The quantitative estimate of drug-likeness (QED) is 0.299. The van der Waals surface area contributed by atoms with Gasteiger partial charge in [0.1, 0.15) is 5.01 Å². The molecule has 172 valence electrons. The fourth-order valence-electron chi connectivity index (χ4n) is 3.55. The lowest BCUT2D eigenvalue weighted by Gasteiger charge is -2.24. The molecule has 0 radical (unpaired) electrons. The van der Waals surface area contributed by atoms with Crippen molar-refractivity contribution in [3.05, 3.63) is 95.3 Å². The number of hydrogen-bond donors (Lipinski definition) is 0. The molecule has 0 bridgehead atoms. The maximum absolute atomic E-state index is 13.6. The maximum Gasteiger partial charge on any atom is 0.264 e. The molecule has 0 amide bonds. The van der Waals surface area contributed by atoms with Crippen LogP contribution in [0.25, 0.3) is 15.5 Å². The summed E-state index contributed by atoms with van der Waals surface area (Å²) in [5.74, 6) is 0.589. The van der Waals surface area contributed by atoms with Crippen molar-refractivity contribution < 1.29 is 8.42 Å².